The maximum atomic E-state index is 11.8. The van der Waals surface area contributed by atoms with Crippen molar-refractivity contribution >= 4 is 5.91 Å². The topological polar surface area (TPSA) is 38.3 Å². The minimum Gasteiger partial charge on any atom is -0.277 e. The molecule has 1 amide bonds. The zero-order chi connectivity index (χ0) is 15.5. The lowest BCUT2D eigenvalue weighted by atomic mass is 9.88. The van der Waals surface area contributed by atoms with Crippen LogP contribution in [0.25, 0.3) is 0 Å². The lowest BCUT2D eigenvalue weighted by Crippen LogP contribution is -2.24. The summed E-state index contributed by atoms with van der Waals surface area (Å²) in [4.78, 5) is 16.4. The number of carbonyl (C=O) groups excluding carboxylic acids is 1. The van der Waals surface area contributed by atoms with Gasteiger partial charge in [-0.05, 0) is 11.1 Å². The Morgan fingerprint density at radius 2 is 1.38 bits per heavy atom. The van der Waals surface area contributed by atoms with Crippen molar-refractivity contribution in [1.29, 1.82) is 0 Å². The van der Waals surface area contributed by atoms with Crippen LogP contribution in [0.3, 0.4) is 0 Å². The van der Waals surface area contributed by atoms with Crippen LogP contribution < -0.4 is 5.48 Å². The SMILES string of the molecule is CC.CONC(=O)CC(c1ccccc1)c1ccccc1. The molecule has 0 aliphatic carbocycles. The minimum atomic E-state index is -0.125. The number of nitrogens with one attached hydrogen (secondary N) is 1. The van der Waals surface area contributed by atoms with Crippen LogP contribution in [0.1, 0.15) is 37.3 Å². The Morgan fingerprint density at radius 1 is 0.952 bits per heavy atom. The molecule has 112 valence electrons. The third kappa shape index (κ3) is 5.40. The summed E-state index contributed by atoms with van der Waals surface area (Å²) in [5, 5.41) is 0. The Kier molecular flexibility index (Phi) is 7.84. The van der Waals surface area contributed by atoms with Gasteiger partial charge in [0, 0.05) is 12.3 Å². The molecule has 0 aliphatic rings. The fourth-order valence-electron chi connectivity index (χ4n) is 2.14. The van der Waals surface area contributed by atoms with E-state index in [4.69, 9.17) is 0 Å². The van der Waals surface area contributed by atoms with Crippen LogP contribution in [0.4, 0.5) is 0 Å². The molecule has 0 atom stereocenters. The van der Waals surface area contributed by atoms with Gasteiger partial charge in [0.15, 0.2) is 0 Å². The quantitative estimate of drug-likeness (QED) is 0.846. The first kappa shape index (κ1) is 16.9. The Morgan fingerprint density at radius 3 is 1.76 bits per heavy atom. The predicted molar refractivity (Wildman–Crippen MR) is 85.8 cm³/mol. The van der Waals surface area contributed by atoms with Crippen LogP contribution in [0, 0.1) is 0 Å². The normalized spacial score (nSPS) is 9.71. The zero-order valence-electron chi connectivity index (χ0n) is 12.9. The molecule has 0 saturated carbocycles. The molecule has 0 spiro atoms. The van der Waals surface area contributed by atoms with Crippen molar-refractivity contribution in [2.24, 2.45) is 0 Å². The number of hydrogen-bond donors (Lipinski definition) is 1. The fourth-order valence-corrected chi connectivity index (χ4v) is 2.14. The van der Waals surface area contributed by atoms with E-state index in [1.165, 1.54) is 7.11 Å². The maximum absolute atomic E-state index is 11.8. The van der Waals surface area contributed by atoms with Crippen LogP contribution in [-0.4, -0.2) is 13.0 Å². The smallest absolute Gasteiger partial charge is 0.244 e. The van der Waals surface area contributed by atoms with Gasteiger partial charge in [0.2, 0.25) is 5.91 Å². The molecule has 2 aromatic carbocycles. The van der Waals surface area contributed by atoms with Gasteiger partial charge >= 0.3 is 0 Å². The van der Waals surface area contributed by atoms with Gasteiger partial charge in [-0.25, -0.2) is 5.48 Å². The molecule has 0 aliphatic heterocycles. The third-order valence-corrected chi connectivity index (χ3v) is 3.01. The first-order valence-electron chi connectivity index (χ1n) is 7.23. The molecule has 3 heteroatoms. The molecule has 2 rings (SSSR count). The van der Waals surface area contributed by atoms with E-state index in [1.54, 1.807) is 0 Å². The van der Waals surface area contributed by atoms with E-state index < -0.39 is 0 Å². The molecule has 0 bridgehead atoms. The summed E-state index contributed by atoms with van der Waals surface area (Å²) in [6, 6.07) is 20.0. The van der Waals surface area contributed by atoms with E-state index in [9.17, 15) is 4.79 Å². The fraction of sp³-hybridized carbons (Fsp3) is 0.278. The number of rotatable bonds is 5. The zero-order valence-corrected chi connectivity index (χ0v) is 12.9. The molecule has 0 aromatic heterocycles. The van der Waals surface area contributed by atoms with Crippen molar-refractivity contribution in [1.82, 2.24) is 5.48 Å². The second kappa shape index (κ2) is 9.72. The third-order valence-electron chi connectivity index (χ3n) is 3.01. The van der Waals surface area contributed by atoms with E-state index in [0.717, 1.165) is 11.1 Å². The standard InChI is InChI=1S/C16H17NO2.C2H6/c1-19-17-16(18)12-15(13-8-4-2-5-9-13)14-10-6-3-7-11-14;1-2/h2-11,15H,12H2,1H3,(H,17,18);1-2H3. The number of amides is 1. The van der Waals surface area contributed by atoms with Gasteiger partial charge in [0.05, 0.1) is 7.11 Å². The predicted octanol–water partition coefficient (Wildman–Crippen LogP) is 3.91. The molecule has 3 nitrogen and oxygen atoms in total. The molecule has 0 fully saturated rings. The highest BCUT2D eigenvalue weighted by atomic mass is 16.6. The van der Waals surface area contributed by atoms with Crippen molar-refractivity contribution in [2.45, 2.75) is 26.2 Å². The summed E-state index contributed by atoms with van der Waals surface area (Å²) in [5.41, 5.74) is 4.63. The van der Waals surface area contributed by atoms with Crippen LogP contribution in [-0.2, 0) is 9.63 Å². The van der Waals surface area contributed by atoms with E-state index >= 15 is 0 Å². The molecule has 0 saturated heterocycles. The summed E-state index contributed by atoms with van der Waals surface area (Å²) in [7, 11) is 1.44. The summed E-state index contributed by atoms with van der Waals surface area (Å²) in [6.45, 7) is 4.00. The number of hydroxylamine groups is 1. The van der Waals surface area contributed by atoms with Crippen molar-refractivity contribution < 1.29 is 9.63 Å². The molecule has 0 radical (unpaired) electrons. The molecule has 1 N–H and O–H groups in total. The molecule has 0 heterocycles. The van der Waals surface area contributed by atoms with Gasteiger partial charge in [-0.1, -0.05) is 74.5 Å². The molecular weight excluding hydrogens is 262 g/mol. The maximum Gasteiger partial charge on any atom is 0.244 e. The van der Waals surface area contributed by atoms with E-state index in [2.05, 4.69) is 10.3 Å². The first-order chi connectivity index (χ1) is 10.3. The molecule has 2 aromatic rings. The number of carbonyl (C=O) groups is 1. The molecular formula is C18H23NO2. The van der Waals surface area contributed by atoms with Crippen LogP contribution in [0.5, 0.6) is 0 Å². The average molecular weight is 285 g/mol. The van der Waals surface area contributed by atoms with Crippen molar-refractivity contribution in [3.05, 3.63) is 71.8 Å². The van der Waals surface area contributed by atoms with Crippen molar-refractivity contribution in [2.75, 3.05) is 7.11 Å². The summed E-state index contributed by atoms with van der Waals surface area (Å²) < 4.78 is 0. The van der Waals surface area contributed by atoms with Gasteiger partial charge in [-0.2, -0.15) is 0 Å². The summed E-state index contributed by atoms with van der Waals surface area (Å²) in [5.74, 6) is -0.0854. The lowest BCUT2D eigenvalue weighted by Gasteiger charge is -2.17. The average Bonchev–Trinajstić information content (AvgIpc) is 2.56. The second-order valence-electron chi connectivity index (χ2n) is 4.31. The summed E-state index contributed by atoms with van der Waals surface area (Å²) >= 11 is 0. The molecule has 0 unspecified atom stereocenters. The van der Waals surface area contributed by atoms with E-state index in [-0.39, 0.29) is 11.8 Å². The Labute approximate surface area is 126 Å². The van der Waals surface area contributed by atoms with Crippen LogP contribution in [0.15, 0.2) is 60.7 Å². The van der Waals surface area contributed by atoms with Gasteiger partial charge in [-0.15, -0.1) is 0 Å². The highest BCUT2D eigenvalue weighted by Gasteiger charge is 2.17. The highest BCUT2D eigenvalue weighted by Crippen LogP contribution is 2.27. The number of hydrogen-bond acceptors (Lipinski definition) is 2. The number of benzene rings is 2. The van der Waals surface area contributed by atoms with Crippen molar-refractivity contribution in [3.8, 4) is 0 Å². The minimum absolute atomic E-state index is 0.0394. The van der Waals surface area contributed by atoms with Crippen LogP contribution >= 0.6 is 0 Å². The monoisotopic (exact) mass is 285 g/mol. The van der Waals surface area contributed by atoms with Gasteiger partial charge in [0.25, 0.3) is 0 Å². The highest BCUT2D eigenvalue weighted by molar-refractivity contribution is 5.76. The largest absolute Gasteiger partial charge is 0.277 e. The van der Waals surface area contributed by atoms with Crippen molar-refractivity contribution in [3.63, 3.8) is 0 Å². The Hall–Kier alpha value is -2.13. The first-order valence-corrected chi connectivity index (χ1v) is 7.23. The molecule has 21 heavy (non-hydrogen) atoms. The Bertz CT molecular complexity index is 472. The summed E-state index contributed by atoms with van der Waals surface area (Å²) in [6.07, 6.45) is 0.363. The lowest BCUT2D eigenvalue weighted by molar-refractivity contribution is -0.131. The van der Waals surface area contributed by atoms with Gasteiger partial charge < -0.3 is 0 Å². The van der Waals surface area contributed by atoms with E-state index in [0.29, 0.717) is 6.42 Å². The Balaban J connectivity index is 0.00000106. The van der Waals surface area contributed by atoms with Gasteiger partial charge in [0.1, 0.15) is 0 Å². The van der Waals surface area contributed by atoms with Gasteiger partial charge in [-0.3, -0.25) is 9.63 Å². The van der Waals surface area contributed by atoms with E-state index in [1.807, 2.05) is 74.5 Å². The second-order valence-corrected chi connectivity index (χ2v) is 4.31. The van der Waals surface area contributed by atoms with Crippen LogP contribution in [0.2, 0.25) is 0 Å².